The highest BCUT2D eigenvalue weighted by atomic mass is 16.2. The van der Waals surface area contributed by atoms with Gasteiger partial charge in [-0.3, -0.25) is 14.4 Å². The normalized spacial score (nSPS) is 25.5. The van der Waals surface area contributed by atoms with Gasteiger partial charge in [0.15, 0.2) is 5.78 Å². The molecule has 2 saturated heterocycles. The van der Waals surface area contributed by atoms with E-state index < -0.39 is 10.8 Å². The molecule has 162 valence electrons. The first-order valence-corrected chi connectivity index (χ1v) is 10.9. The fraction of sp³-hybridized carbons (Fsp3) is 0.423. The molecule has 31 heavy (non-hydrogen) atoms. The molecule has 2 amide bonds. The number of nitrogens with zero attached hydrogens (tertiary/aromatic N) is 2. The molecule has 0 atom stereocenters. The minimum atomic E-state index is -0.771. The van der Waals surface area contributed by atoms with Gasteiger partial charge in [0.25, 0.3) is 11.8 Å². The summed E-state index contributed by atoms with van der Waals surface area (Å²) in [6.07, 6.45) is 0.594. The third kappa shape index (κ3) is 3.67. The molecule has 0 radical (unpaired) electrons. The van der Waals surface area contributed by atoms with Gasteiger partial charge in [-0.05, 0) is 51.5 Å². The second-order valence-electron chi connectivity index (χ2n) is 9.58. The van der Waals surface area contributed by atoms with Crippen molar-refractivity contribution in [2.24, 2.45) is 10.8 Å². The Balaban J connectivity index is 1.63. The van der Waals surface area contributed by atoms with E-state index in [4.69, 9.17) is 0 Å². The number of amides is 2. The largest absolute Gasteiger partial charge is 0.337 e. The molecule has 2 fully saturated rings. The van der Waals surface area contributed by atoms with Gasteiger partial charge in [-0.15, -0.1) is 0 Å². The Kier molecular flexibility index (Phi) is 5.24. The molecule has 0 aromatic heterocycles. The van der Waals surface area contributed by atoms with Crippen molar-refractivity contribution < 1.29 is 14.4 Å². The maximum atomic E-state index is 13.5. The summed E-state index contributed by atoms with van der Waals surface area (Å²) < 4.78 is 0. The summed E-state index contributed by atoms with van der Waals surface area (Å²) in [5, 5.41) is 0. The second kappa shape index (κ2) is 7.63. The molecule has 0 spiro atoms. The van der Waals surface area contributed by atoms with E-state index in [0.29, 0.717) is 43.7 Å². The molecule has 4 rings (SSSR count). The lowest BCUT2D eigenvalue weighted by molar-refractivity contribution is -0.155. The van der Waals surface area contributed by atoms with E-state index in [-0.39, 0.29) is 17.6 Å². The highest BCUT2D eigenvalue weighted by Gasteiger charge is 2.58. The molecule has 2 heterocycles. The van der Waals surface area contributed by atoms with Crippen LogP contribution in [0.15, 0.2) is 48.5 Å². The molecule has 2 bridgehead atoms. The number of rotatable bonds is 3. The number of fused-ring (bicyclic) bond motifs is 2. The van der Waals surface area contributed by atoms with Gasteiger partial charge in [-0.25, -0.2) is 0 Å². The first kappa shape index (κ1) is 21.3. The number of carbonyl (C=O) groups is 3. The predicted octanol–water partition coefficient (Wildman–Crippen LogP) is 3.89. The monoisotopic (exact) mass is 418 g/mol. The second-order valence-corrected chi connectivity index (χ2v) is 9.58. The van der Waals surface area contributed by atoms with E-state index in [0.717, 1.165) is 11.1 Å². The number of aryl methyl sites for hydroxylation is 2. The van der Waals surface area contributed by atoms with Crippen molar-refractivity contribution >= 4 is 17.6 Å². The third-order valence-electron chi connectivity index (χ3n) is 6.94. The van der Waals surface area contributed by atoms with Crippen LogP contribution in [0, 0.1) is 24.7 Å². The first-order valence-electron chi connectivity index (χ1n) is 10.9. The van der Waals surface area contributed by atoms with Crippen molar-refractivity contribution in [2.45, 2.75) is 34.1 Å². The van der Waals surface area contributed by atoms with E-state index in [1.165, 1.54) is 0 Å². The molecule has 2 aliphatic rings. The highest BCUT2D eigenvalue weighted by molar-refractivity contribution is 6.01. The molecule has 2 aromatic carbocycles. The molecular formula is C26H30N2O3. The molecule has 0 aliphatic carbocycles. The quantitative estimate of drug-likeness (QED) is 0.760. The lowest BCUT2D eigenvalue weighted by Crippen LogP contribution is -2.70. The summed E-state index contributed by atoms with van der Waals surface area (Å²) in [5.41, 5.74) is 1.98. The summed E-state index contributed by atoms with van der Waals surface area (Å²) >= 11 is 0. The summed E-state index contributed by atoms with van der Waals surface area (Å²) in [7, 11) is 0. The molecule has 2 aromatic rings. The van der Waals surface area contributed by atoms with Crippen molar-refractivity contribution in [3.8, 4) is 0 Å². The number of benzene rings is 2. The number of hydrogen-bond acceptors (Lipinski definition) is 3. The molecule has 0 N–H and O–H groups in total. The van der Waals surface area contributed by atoms with Crippen LogP contribution in [0.5, 0.6) is 0 Å². The Labute approximate surface area is 184 Å². The number of ketones is 1. The van der Waals surface area contributed by atoms with Crippen LogP contribution >= 0.6 is 0 Å². The van der Waals surface area contributed by atoms with Gasteiger partial charge in [0.1, 0.15) is 0 Å². The van der Waals surface area contributed by atoms with E-state index in [9.17, 15) is 14.4 Å². The lowest BCUT2D eigenvalue weighted by atomic mass is 9.62. The average Bonchev–Trinajstić information content (AvgIpc) is 2.75. The van der Waals surface area contributed by atoms with Gasteiger partial charge in [-0.2, -0.15) is 0 Å². The third-order valence-corrected chi connectivity index (χ3v) is 6.94. The fourth-order valence-corrected chi connectivity index (χ4v) is 5.14. The molecule has 5 nitrogen and oxygen atoms in total. The molecule has 0 unspecified atom stereocenters. The topological polar surface area (TPSA) is 57.7 Å². The van der Waals surface area contributed by atoms with Gasteiger partial charge in [0.05, 0.1) is 10.8 Å². The maximum Gasteiger partial charge on any atom is 0.253 e. The van der Waals surface area contributed by atoms with Gasteiger partial charge in [0.2, 0.25) is 0 Å². The zero-order valence-corrected chi connectivity index (χ0v) is 18.8. The predicted molar refractivity (Wildman–Crippen MR) is 120 cm³/mol. The van der Waals surface area contributed by atoms with Gasteiger partial charge >= 0.3 is 0 Å². The van der Waals surface area contributed by atoms with Crippen molar-refractivity contribution in [1.82, 2.24) is 9.80 Å². The van der Waals surface area contributed by atoms with Gasteiger partial charge in [0, 0.05) is 37.3 Å². The summed E-state index contributed by atoms with van der Waals surface area (Å²) in [4.78, 5) is 43.7. The fourth-order valence-electron chi connectivity index (χ4n) is 5.14. The number of hydrogen-bond donors (Lipinski definition) is 0. The number of carbonyl (C=O) groups excluding carboxylic acids is 3. The Morgan fingerprint density at radius 2 is 1.16 bits per heavy atom. The zero-order valence-electron chi connectivity index (χ0n) is 18.8. The van der Waals surface area contributed by atoms with Crippen LogP contribution in [0.25, 0.3) is 0 Å². The lowest BCUT2D eigenvalue weighted by Gasteiger charge is -2.56. The van der Waals surface area contributed by atoms with Crippen LogP contribution in [0.1, 0.15) is 52.1 Å². The zero-order chi connectivity index (χ0) is 22.4. The standard InChI is InChI=1S/C26H30N2O3/c1-5-26-16-27(22(29)20-10-6-18(2)7-11-20)14-25(4,24(26)31)15-28(17-26)23(30)21-12-8-19(3)9-13-21/h6-13H,5,14-17H2,1-4H3. The number of Topliss-reactive ketones (excluding diaryl/α,β-unsaturated/α-hetero) is 1. The molecule has 5 heteroatoms. The maximum absolute atomic E-state index is 13.5. The summed E-state index contributed by atoms with van der Waals surface area (Å²) in [6.45, 7) is 9.23. The Bertz CT molecular complexity index is 954. The van der Waals surface area contributed by atoms with Gasteiger partial charge in [-0.1, -0.05) is 42.3 Å². The summed E-state index contributed by atoms with van der Waals surface area (Å²) in [6, 6.07) is 15.1. The van der Waals surface area contributed by atoms with Crippen molar-refractivity contribution in [1.29, 1.82) is 0 Å². The number of likely N-dealkylation sites (tertiary alicyclic amines) is 2. The van der Waals surface area contributed by atoms with Crippen LogP contribution in [0.2, 0.25) is 0 Å². The van der Waals surface area contributed by atoms with Crippen LogP contribution in [-0.4, -0.2) is 53.6 Å². The minimum Gasteiger partial charge on any atom is -0.337 e. The van der Waals surface area contributed by atoms with Crippen LogP contribution in [0.4, 0.5) is 0 Å². The average molecular weight is 419 g/mol. The smallest absolute Gasteiger partial charge is 0.253 e. The first-order chi connectivity index (χ1) is 14.7. The van der Waals surface area contributed by atoms with Crippen LogP contribution < -0.4 is 0 Å². The van der Waals surface area contributed by atoms with E-state index in [1.54, 1.807) is 0 Å². The SMILES string of the molecule is CCC12CN(C(=O)c3ccc(C)cc3)CC(C)(CN(C(=O)c3ccc(C)cc3)C1)C2=O. The Morgan fingerprint density at radius 3 is 1.52 bits per heavy atom. The minimum absolute atomic E-state index is 0.0464. The van der Waals surface area contributed by atoms with E-state index in [2.05, 4.69) is 0 Å². The van der Waals surface area contributed by atoms with Crippen LogP contribution in [-0.2, 0) is 4.79 Å². The van der Waals surface area contributed by atoms with Crippen molar-refractivity contribution in [3.63, 3.8) is 0 Å². The van der Waals surface area contributed by atoms with Crippen molar-refractivity contribution in [3.05, 3.63) is 70.8 Å². The molecule has 2 aliphatic heterocycles. The Hall–Kier alpha value is -2.95. The van der Waals surface area contributed by atoms with E-state index >= 15 is 0 Å². The molecular weight excluding hydrogens is 388 g/mol. The van der Waals surface area contributed by atoms with E-state index in [1.807, 2.05) is 86.0 Å². The summed E-state index contributed by atoms with van der Waals surface area (Å²) in [5.74, 6) is 0.0909. The molecule has 0 saturated carbocycles. The van der Waals surface area contributed by atoms with Crippen molar-refractivity contribution in [2.75, 3.05) is 26.2 Å². The number of piperidine rings is 2. The van der Waals surface area contributed by atoms with Crippen LogP contribution in [0.3, 0.4) is 0 Å². The Morgan fingerprint density at radius 1 is 0.774 bits per heavy atom. The van der Waals surface area contributed by atoms with Gasteiger partial charge < -0.3 is 9.80 Å². The highest BCUT2D eigenvalue weighted by Crippen LogP contribution is 2.45.